The highest BCUT2D eigenvalue weighted by Gasteiger charge is 2.25. The molecule has 138 valence electrons. The van der Waals surface area contributed by atoms with Crippen LogP contribution in [0.4, 0.5) is 5.82 Å². The van der Waals surface area contributed by atoms with Crippen LogP contribution in [0.5, 0.6) is 11.5 Å². The number of aromatic nitrogens is 2. The number of rotatable bonds is 6. The second kappa shape index (κ2) is 7.74. The van der Waals surface area contributed by atoms with E-state index in [4.69, 9.17) is 20.2 Å². The van der Waals surface area contributed by atoms with E-state index in [9.17, 15) is 0 Å². The van der Waals surface area contributed by atoms with E-state index in [0.717, 1.165) is 23.7 Å². The quantitative estimate of drug-likeness (QED) is 0.802. The summed E-state index contributed by atoms with van der Waals surface area (Å²) in [4.78, 5) is 11.7. The Hall–Kier alpha value is -2.60. The van der Waals surface area contributed by atoms with Crippen LogP contribution in [0.15, 0.2) is 36.9 Å². The number of ether oxygens (including phenoxy) is 2. The highest BCUT2D eigenvalue weighted by molar-refractivity contribution is 5.90. The number of anilines is 1. The van der Waals surface area contributed by atoms with Crippen LogP contribution in [-0.4, -0.2) is 41.2 Å². The molecule has 2 heterocycles. The van der Waals surface area contributed by atoms with Crippen LogP contribution >= 0.6 is 0 Å². The van der Waals surface area contributed by atoms with E-state index in [0.29, 0.717) is 41.8 Å². The SMILES string of the molecule is C=CC[C@@H]1CC=C[C@@H](C)N1Cc1nc(N)c2cc(OC)c(OC)cc2n1. The van der Waals surface area contributed by atoms with Crippen molar-refractivity contribution in [1.82, 2.24) is 14.9 Å². The number of nitrogen functional groups attached to an aromatic ring is 1. The summed E-state index contributed by atoms with van der Waals surface area (Å²) >= 11 is 0. The lowest BCUT2D eigenvalue weighted by Crippen LogP contribution is -2.42. The predicted molar refractivity (Wildman–Crippen MR) is 104 cm³/mol. The summed E-state index contributed by atoms with van der Waals surface area (Å²) in [6.45, 7) is 6.71. The highest BCUT2D eigenvalue weighted by atomic mass is 16.5. The van der Waals surface area contributed by atoms with Crippen molar-refractivity contribution in [2.24, 2.45) is 0 Å². The molecule has 2 N–H and O–H groups in total. The first-order valence-corrected chi connectivity index (χ1v) is 8.78. The summed E-state index contributed by atoms with van der Waals surface area (Å²) < 4.78 is 10.7. The van der Waals surface area contributed by atoms with Crippen molar-refractivity contribution in [1.29, 1.82) is 0 Å². The Morgan fingerprint density at radius 1 is 1.27 bits per heavy atom. The molecule has 0 radical (unpaired) electrons. The molecule has 2 aromatic rings. The third-order valence-corrected chi connectivity index (χ3v) is 4.85. The number of nitrogens with two attached hydrogens (primary N) is 1. The first-order chi connectivity index (χ1) is 12.6. The van der Waals surface area contributed by atoms with Crippen molar-refractivity contribution in [3.63, 3.8) is 0 Å². The summed E-state index contributed by atoms with van der Waals surface area (Å²) in [7, 11) is 3.21. The normalized spacial score (nSPS) is 20.3. The molecule has 26 heavy (non-hydrogen) atoms. The van der Waals surface area contributed by atoms with Crippen molar-refractivity contribution in [2.45, 2.75) is 38.4 Å². The van der Waals surface area contributed by atoms with Gasteiger partial charge in [-0.25, -0.2) is 9.97 Å². The van der Waals surface area contributed by atoms with E-state index in [1.165, 1.54) is 0 Å². The molecule has 0 amide bonds. The monoisotopic (exact) mass is 354 g/mol. The molecule has 1 aromatic carbocycles. The molecule has 0 saturated heterocycles. The Labute approximate surface area is 154 Å². The fourth-order valence-corrected chi connectivity index (χ4v) is 3.47. The van der Waals surface area contributed by atoms with Gasteiger partial charge < -0.3 is 15.2 Å². The first kappa shape index (κ1) is 18.2. The van der Waals surface area contributed by atoms with Gasteiger partial charge in [-0.1, -0.05) is 18.2 Å². The lowest BCUT2D eigenvalue weighted by molar-refractivity contribution is 0.147. The van der Waals surface area contributed by atoms with Gasteiger partial charge in [-0.15, -0.1) is 6.58 Å². The Balaban J connectivity index is 1.97. The van der Waals surface area contributed by atoms with E-state index in [-0.39, 0.29) is 0 Å². The smallest absolute Gasteiger partial charge is 0.162 e. The van der Waals surface area contributed by atoms with E-state index >= 15 is 0 Å². The van der Waals surface area contributed by atoms with Gasteiger partial charge >= 0.3 is 0 Å². The molecule has 0 saturated carbocycles. The molecule has 2 atom stereocenters. The van der Waals surface area contributed by atoms with Gasteiger partial charge in [0.2, 0.25) is 0 Å². The van der Waals surface area contributed by atoms with Gasteiger partial charge in [0.15, 0.2) is 11.5 Å². The molecule has 0 aliphatic carbocycles. The minimum Gasteiger partial charge on any atom is -0.493 e. The van der Waals surface area contributed by atoms with Crippen LogP contribution in [0.3, 0.4) is 0 Å². The summed E-state index contributed by atoms with van der Waals surface area (Å²) in [5, 5.41) is 0.764. The average Bonchev–Trinajstić information content (AvgIpc) is 2.63. The molecule has 1 aromatic heterocycles. The maximum Gasteiger partial charge on any atom is 0.162 e. The number of hydrogen-bond acceptors (Lipinski definition) is 6. The zero-order valence-corrected chi connectivity index (χ0v) is 15.6. The highest BCUT2D eigenvalue weighted by Crippen LogP contribution is 2.33. The standard InChI is InChI=1S/C20H26N4O2/c1-5-7-14-9-6-8-13(2)24(14)12-19-22-16-11-18(26-4)17(25-3)10-15(16)20(21)23-19/h5-6,8,10-11,13-14H,1,7,9,12H2,2-4H3,(H2,21,22,23)/t13-,14-/m1/s1. The predicted octanol–water partition coefficient (Wildman–Crippen LogP) is 3.32. The molecular weight excluding hydrogens is 328 g/mol. The molecule has 6 heteroatoms. The topological polar surface area (TPSA) is 73.5 Å². The van der Waals surface area contributed by atoms with Crippen LogP contribution < -0.4 is 15.2 Å². The van der Waals surface area contributed by atoms with Crippen molar-refractivity contribution in [3.8, 4) is 11.5 Å². The Kier molecular flexibility index (Phi) is 5.42. The van der Waals surface area contributed by atoms with E-state index in [2.05, 4.69) is 35.5 Å². The van der Waals surface area contributed by atoms with Crippen molar-refractivity contribution < 1.29 is 9.47 Å². The summed E-state index contributed by atoms with van der Waals surface area (Å²) in [6.07, 6.45) is 8.36. The van der Waals surface area contributed by atoms with Crippen molar-refractivity contribution >= 4 is 16.7 Å². The zero-order valence-electron chi connectivity index (χ0n) is 15.6. The molecule has 1 aliphatic rings. The molecular formula is C20H26N4O2. The second-order valence-electron chi connectivity index (χ2n) is 6.50. The van der Waals surface area contributed by atoms with Crippen molar-refractivity contribution in [3.05, 3.63) is 42.8 Å². The fraction of sp³-hybridized carbons (Fsp3) is 0.400. The summed E-state index contributed by atoms with van der Waals surface area (Å²) in [5.74, 6) is 2.40. The van der Waals surface area contributed by atoms with Crippen molar-refractivity contribution in [2.75, 3.05) is 20.0 Å². The Bertz CT molecular complexity index is 834. The van der Waals surface area contributed by atoms with Crippen LogP contribution in [0.2, 0.25) is 0 Å². The van der Waals surface area contributed by atoms with Gasteiger partial charge in [0.1, 0.15) is 11.6 Å². The van der Waals surface area contributed by atoms with Gasteiger partial charge in [-0.2, -0.15) is 0 Å². The lowest BCUT2D eigenvalue weighted by Gasteiger charge is -2.36. The zero-order chi connectivity index (χ0) is 18.7. The molecule has 3 rings (SSSR count). The fourth-order valence-electron chi connectivity index (χ4n) is 3.47. The number of methoxy groups -OCH3 is 2. The van der Waals surface area contributed by atoms with Crippen LogP contribution in [-0.2, 0) is 6.54 Å². The van der Waals surface area contributed by atoms with Crippen LogP contribution in [0, 0.1) is 0 Å². The first-order valence-electron chi connectivity index (χ1n) is 8.78. The average molecular weight is 354 g/mol. The maximum absolute atomic E-state index is 6.21. The third-order valence-electron chi connectivity index (χ3n) is 4.85. The Morgan fingerprint density at radius 3 is 2.69 bits per heavy atom. The number of nitrogens with zero attached hydrogens (tertiary/aromatic N) is 3. The largest absolute Gasteiger partial charge is 0.493 e. The summed E-state index contributed by atoms with van der Waals surface area (Å²) in [5.41, 5.74) is 6.96. The van der Waals surface area contributed by atoms with Crippen LogP contribution in [0.25, 0.3) is 10.9 Å². The molecule has 1 aliphatic heterocycles. The molecule has 0 spiro atoms. The molecule has 0 fully saturated rings. The van der Waals surface area contributed by atoms with Gasteiger partial charge in [-0.05, 0) is 25.8 Å². The van der Waals surface area contributed by atoms with Crippen LogP contribution in [0.1, 0.15) is 25.6 Å². The molecule has 6 nitrogen and oxygen atoms in total. The number of hydrogen-bond donors (Lipinski definition) is 1. The number of benzene rings is 1. The second-order valence-corrected chi connectivity index (χ2v) is 6.50. The van der Waals surface area contributed by atoms with Gasteiger partial charge in [0, 0.05) is 23.5 Å². The minimum absolute atomic E-state index is 0.319. The van der Waals surface area contributed by atoms with Gasteiger partial charge in [-0.3, -0.25) is 4.90 Å². The lowest BCUT2D eigenvalue weighted by atomic mass is 10.0. The van der Waals surface area contributed by atoms with Gasteiger partial charge in [0.25, 0.3) is 0 Å². The maximum atomic E-state index is 6.21. The molecule has 0 unspecified atom stereocenters. The molecule has 0 bridgehead atoms. The Morgan fingerprint density at radius 2 is 2.00 bits per heavy atom. The minimum atomic E-state index is 0.319. The van der Waals surface area contributed by atoms with E-state index < -0.39 is 0 Å². The van der Waals surface area contributed by atoms with E-state index in [1.807, 2.05) is 18.2 Å². The number of fused-ring (bicyclic) bond motifs is 1. The summed E-state index contributed by atoms with van der Waals surface area (Å²) in [6, 6.07) is 4.38. The van der Waals surface area contributed by atoms with Gasteiger partial charge in [0.05, 0.1) is 26.3 Å². The van der Waals surface area contributed by atoms with E-state index in [1.54, 1.807) is 14.2 Å². The third kappa shape index (κ3) is 3.51.